The molecule has 1 atom stereocenters. The van der Waals surface area contributed by atoms with Crippen LogP contribution in [-0.4, -0.2) is 87.5 Å². The van der Waals surface area contributed by atoms with E-state index >= 15 is 0 Å². The van der Waals surface area contributed by atoms with Gasteiger partial charge in [0, 0.05) is 46.8 Å². The number of piperazine rings is 1. The third-order valence-electron chi connectivity index (χ3n) is 5.10. The largest absolute Gasteiger partial charge is 0.403 e. The fourth-order valence-electron chi connectivity index (χ4n) is 3.20. The molecule has 0 amide bonds. The molecule has 1 unspecified atom stereocenters. The number of rotatable bonds is 6. The Morgan fingerprint density at radius 1 is 1.19 bits per heavy atom. The number of hydrogen-bond acceptors (Lipinski definition) is 4. The quantitative estimate of drug-likeness (QED) is 0.320. The summed E-state index contributed by atoms with van der Waals surface area (Å²) < 4.78 is 65.2. The highest BCUT2D eigenvalue weighted by molar-refractivity contribution is 14.0. The van der Waals surface area contributed by atoms with Gasteiger partial charge in [0.15, 0.2) is 5.96 Å². The Morgan fingerprint density at radius 2 is 1.77 bits per heavy atom. The van der Waals surface area contributed by atoms with Gasteiger partial charge in [-0.2, -0.15) is 13.2 Å². The molecule has 12 heteroatoms. The van der Waals surface area contributed by atoms with Crippen LogP contribution in [0.1, 0.15) is 19.4 Å². The van der Waals surface area contributed by atoms with Crippen LogP contribution in [0.5, 0.6) is 0 Å². The van der Waals surface area contributed by atoms with Crippen LogP contribution in [0.15, 0.2) is 34.2 Å². The van der Waals surface area contributed by atoms with E-state index in [1.54, 1.807) is 24.3 Å². The highest BCUT2D eigenvalue weighted by Crippen LogP contribution is 2.25. The van der Waals surface area contributed by atoms with Crippen LogP contribution in [0, 0.1) is 0 Å². The number of nitrogens with zero attached hydrogens (tertiary/aromatic N) is 4. The standard InChI is InChI=1S/C19H30F3N5O2S.HI/c1-5-23-18(27-12-10-26(11-13-27)15(2)19(20,21)22)24-14-16-8-6-7-9-17(16)30(28,29)25(3)4;/h6-9,15H,5,10-14H2,1-4H3,(H,23,24);1H. The van der Waals surface area contributed by atoms with Crippen LogP contribution in [0.4, 0.5) is 13.2 Å². The summed E-state index contributed by atoms with van der Waals surface area (Å²) in [6.07, 6.45) is -4.25. The van der Waals surface area contributed by atoms with Crippen LogP contribution in [0.2, 0.25) is 0 Å². The first kappa shape index (κ1) is 27.9. The second-order valence-corrected chi connectivity index (χ2v) is 9.43. The molecule has 0 aliphatic carbocycles. The highest BCUT2D eigenvalue weighted by Gasteiger charge is 2.41. The average Bonchev–Trinajstić information content (AvgIpc) is 2.70. The van der Waals surface area contributed by atoms with Crippen molar-refractivity contribution >= 4 is 40.0 Å². The van der Waals surface area contributed by atoms with Gasteiger partial charge in [0.2, 0.25) is 10.0 Å². The summed E-state index contributed by atoms with van der Waals surface area (Å²) in [4.78, 5) is 8.08. The molecule has 1 saturated heterocycles. The lowest BCUT2D eigenvalue weighted by Crippen LogP contribution is -2.56. The van der Waals surface area contributed by atoms with Crippen molar-refractivity contribution in [1.82, 2.24) is 19.4 Å². The summed E-state index contributed by atoms with van der Waals surface area (Å²) in [6.45, 7) is 5.18. The first-order valence-corrected chi connectivity index (χ1v) is 11.3. The molecule has 1 N–H and O–H groups in total. The van der Waals surface area contributed by atoms with Crippen molar-refractivity contribution in [2.45, 2.75) is 37.5 Å². The summed E-state index contributed by atoms with van der Waals surface area (Å²) in [5, 5.41) is 3.15. The molecule has 31 heavy (non-hydrogen) atoms. The number of alkyl halides is 3. The molecule has 0 bridgehead atoms. The van der Waals surface area contributed by atoms with Gasteiger partial charge in [0.05, 0.1) is 11.4 Å². The van der Waals surface area contributed by atoms with E-state index in [4.69, 9.17) is 0 Å². The van der Waals surface area contributed by atoms with Crippen molar-refractivity contribution in [1.29, 1.82) is 0 Å². The summed E-state index contributed by atoms with van der Waals surface area (Å²) >= 11 is 0. The Bertz CT molecular complexity index is 841. The van der Waals surface area contributed by atoms with Gasteiger partial charge in [-0.05, 0) is 25.5 Å². The summed E-state index contributed by atoms with van der Waals surface area (Å²) in [5.74, 6) is 0.564. The fraction of sp³-hybridized carbons (Fsp3) is 0.632. The van der Waals surface area contributed by atoms with Gasteiger partial charge < -0.3 is 10.2 Å². The van der Waals surface area contributed by atoms with Crippen molar-refractivity contribution in [3.63, 3.8) is 0 Å². The predicted molar refractivity (Wildman–Crippen MR) is 126 cm³/mol. The number of benzene rings is 1. The Balaban J connectivity index is 0.00000480. The average molecular weight is 577 g/mol. The lowest BCUT2D eigenvalue weighted by molar-refractivity contribution is -0.181. The molecule has 0 aromatic heterocycles. The van der Waals surface area contributed by atoms with Crippen LogP contribution in [0.3, 0.4) is 0 Å². The molecule has 1 fully saturated rings. The van der Waals surface area contributed by atoms with E-state index in [1.165, 1.54) is 25.9 Å². The minimum atomic E-state index is -4.25. The van der Waals surface area contributed by atoms with Crippen molar-refractivity contribution < 1.29 is 21.6 Å². The summed E-state index contributed by atoms with van der Waals surface area (Å²) in [7, 11) is -0.660. The van der Waals surface area contributed by atoms with E-state index in [9.17, 15) is 21.6 Å². The number of sulfonamides is 1. The minimum absolute atomic E-state index is 0. The van der Waals surface area contributed by atoms with E-state index in [-0.39, 0.29) is 48.5 Å². The van der Waals surface area contributed by atoms with E-state index in [1.807, 2.05) is 11.8 Å². The van der Waals surface area contributed by atoms with Crippen LogP contribution >= 0.6 is 24.0 Å². The molecule has 178 valence electrons. The first-order chi connectivity index (χ1) is 14.0. The third kappa shape index (κ3) is 7.19. The monoisotopic (exact) mass is 577 g/mol. The topological polar surface area (TPSA) is 68.2 Å². The van der Waals surface area contributed by atoms with Gasteiger partial charge in [0.1, 0.15) is 6.04 Å². The molecule has 1 aliphatic heterocycles. The van der Waals surface area contributed by atoms with Gasteiger partial charge in [0.25, 0.3) is 0 Å². The molecule has 7 nitrogen and oxygen atoms in total. The van der Waals surface area contributed by atoms with E-state index in [2.05, 4.69) is 10.3 Å². The first-order valence-electron chi connectivity index (χ1n) is 9.83. The zero-order valence-electron chi connectivity index (χ0n) is 18.2. The smallest absolute Gasteiger partial charge is 0.357 e. The molecule has 0 spiro atoms. The third-order valence-corrected chi connectivity index (χ3v) is 7.02. The number of hydrogen-bond donors (Lipinski definition) is 1. The van der Waals surface area contributed by atoms with Crippen molar-refractivity contribution in [3.8, 4) is 0 Å². The van der Waals surface area contributed by atoms with Gasteiger partial charge in [-0.1, -0.05) is 18.2 Å². The van der Waals surface area contributed by atoms with E-state index in [0.29, 0.717) is 31.2 Å². The Hall–Kier alpha value is -1.12. The Labute approximate surface area is 199 Å². The lowest BCUT2D eigenvalue weighted by atomic mass is 10.2. The Kier molecular flexibility index (Phi) is 10.5. The maximum atomic E-state index is 13.0. The van der Waals surface area contributed by atoms with Crippen molar-refractivity contribution in [2.24, 2.45) is 4.99 Å². The van der Waals surface area contributed by atoms with Gasteiger partial charge in [-0.15, -0.1) is 24.0 Å². The molecule has 1 aromatic rings. The minimum Gasteiger partial charge on any atom is -0.357 e. The zero-order chi connectivity index (χ0) is 22.5. The zero-order valence-corrected chi connectivity index (χ0v) is 21.3. The predicted octanol–water partition coefficient (Wildman–Crippen LogP) is 2.59. The highest BCUT2D eigenvalue weighted by atomic mass is 127. The molecule has 1 heterocycles. The second kappa shape index (κ2) is 11.7. The molecule has 0 radical (unpaired) electrons. The summed E-state index contributed by atoms with van der Waals surface area (Å²) in [5.41, 5.74) is 0.561. The maximum absolute atomic E-state index is 13.0. The van der Waals surface area contributed by atoms with Crippen LogP contribution in [0.25, 0.3) is 0 Å². The van der Waals surface area contributed by atoms with Crippen molar-refractivity contribution in [3.05, 3.63) is 29.8 Å². The van der Waals surface area contributed by atoms with E-state index in [0.717, 1.165) is 4.31 Å². The molecule has 1 aliphatic rings. The van der Waals surface area contributed by atoms with Crippen LogP contribution < -0.4 is 5.32 Å². The normalized spacial score (nSPS) is 17.4. The number of guanidine groups is 1. The molecule has 1 aromatic carbocycles. The summed E-state index contributed by atoms with van der Waals surface area (Å²) in [6, 6.07) is 5.19. The number of nitrogens with one attached hydrogen (secondary N) is 1. The van der Waals surface area contributed by atoms with Gasteiger partial charge >= 0.3 is 6.18 Å². The molecule has 0 saturated carbocycles. The van der Waals surface area contributed by atoms with E-state index < -0.39 is 22.2 Å². The number of halogens is 4. The fourth-order valence-corrected chi connectivity index (χ4v) is 4.30. The SMILES string of the molecule is CCNC(=NCc1ccccc1S(=O)(=O)N(C)C)N1CCN(C(C)C(F)(F)F)CC1.I. The van der Waals surface area contributed by atoms with Crippen molar-refractivity contribution in [2.75, 3.05) is 46.8 Å². The molecular formula is C19H31F3IN5O2S. The molecule has 2 rings (SSSR count). The van der Waals surface area contributed by atoms with Crippen LogP contribution in [-0.2, 0) is 16.6 Å². The molecular weight excluding hydrogens is 546 g/mol. The Morgan fingerprint density at radius 3 is 2.29 bits per heavy atom. The number of aliphatic imine (C=N–C) groups is 1. The van der Waals surface area contributed by atoms with Gasteiger partial charge in [-0.25, -0.2) is 17.7 Å². The lowest BCUT2D eigenvalue weighted by Gasteiger charge is -2.39. The van der Waals surface area contributed by atoms with Gasteiger partial charge in [-0.3, -0.25) is 4.90 Å². The maximum Gasteiger partial charge on any atom is 0.403 e. The second-order valence-electron chi connectivity index (χ2n) is 7.31.